The van der Waals surface area contributed by atoms with Gasteiger partial charge in [-0.05, 0) is 30.2 Å². The number of imidazole rings is 1. The van der Waals surface area contributed by atoms with Crippen molar-refractivity contribution < 1.29 is 4.79 Å². The zero-order valence-electron chi connectivity index (χ0n) is 16.7. The van der Waals surface area contributed by atoms with Gasteiger partial charge in [0.1, 0.15) is 0 Å². The lowest BCUT2D eigenvalue weighted by Gasteiger charge is -2.09. The Morgan fingerprint density at radius 2 is 1.77 bits per heavy atom. The van der Waals surface area contributed by atoms with E-state index in [0.717, 1.165) is 21.8 Å². The first kappa shape index (κ1) is 19.9. The molecule has 4 aromatic rings. The Balaban J connectivity index is 1.46. The molecule has 0 fully saturated rings. The van der Waals surface area contributed by atoms with Crippen LogP contribution in [0.2, 0.25) is 0 Å². The van der Waals surface area contributed by atoms with E-state index in [4.69, 9.17) is 4.98 Å². The quantitative estimate of drug-likeness (QED) is 0.272. The summed E-state index contributed by atoms with van der Waals surface area (Å²) in [5.41, 5.74) is 7.93. The highest BCUT2D eigenvalue weighted by atomic mass is 32.2. The number of nitrogens with zero attached hydrogens (tertiary/aromatic N) is 3. The van der Waals surface area contributed by atoms with Crippen LogP contribution in [0.4, 0.5) is 0 Å². The molecule has 1 aromatic heterocycles. The Kier molecular flexibility index (Phi) is 6.25. The van der Waals surface area contributed by atoms with E-state index in [1.54, 1.807) is 6.21 Å². The van der Waals surface area contributed by atoms with Gasteiger partial charge in [-0.15, -0.1) is 0 Å². The number of hydrazone groups is 1. The number of hydrogen-bond donors (Lipinski definition) is 1. The fourth-order valence-electron chi connectivity index (χ4n) is 3.07. The molecule has 0 aliphatic heterocycles. The summed E-state index contributed by atoms with van der Waals surface area (Å²) in [6, 6.07) is 26.2. The van der Waals surface area contributed by atoms with E-state index >= 15 is 0 Å². The van der Waals surface area contributed by atoms with Crippen molar-refractivity contribution in [2.45, 2.75) is 18.6 Å². The minimum atomic E-state index is -0.166. The normalized spacial score (nSPS) is 11.2. The lowest BCUT2D eigenvalue weighted by Crippen LogP contribution is -2.20. The number of hydrogen-bond acceptors (Lipinski definition) is 4. The van der Waals surface area contributed by atoms with Crippen LogP contribution in [-0.4, -0.2) is 27.4 Å². The molecule has 0 aliphatic rings. The summed E-state index contributed by atoms with van der Waals surface area (Å²) < 4.78 is 2.16. The lowest BCUT2D eigenvalue weighted by molar-refractivity contribution is -0.118. The molecular weight excluding hydrogens is 392 g/mol. The predicted octanol–water partition coefficient (Wildman–Crippen LogP) is 4.64. The van der Waals surface area contributed by atoms with Gasteiger partial charge in [0, 0.05) is 0 Å². The van der Waals surface area contributed by atoms with Crippen molar-refractivity contribution in [3.63, 3.8) is 0 Å². The first-order valence-electron chi connectivity index (χ1n) is 9.69. The van der Waals surface area contributed by atoms with E-state index in [-0.39, 0.29) is 11.7 Å². The summed E-state index contributed by atoms with van der Waals surface area (Å²) in [4.78, 5) is 17.0. The molecule has 0 unspecified atom stereocenters. The maximum Gasteiger partial charge on any atom is 0.250 e. The Labute approximate surface area is 179 Å². The van der Waals surface area contributed by atoms with Gasteiger partial charge in [0.15, 0.2) is 5.16 Å². The van der Waals surface area contributed by atoms with Gasteiger partial charge >= 0.3 is 0 Å². The van der Waals surface area contributed by atoms with Gasteiger partial charge in [0.2, 0.25) is 0 Å². The van der Waals surface area contributed by atoms with Gasteiger partial charge in [0.05, 0.1) is 29.5 Å². The maximum absolute atomic E-state index is 12.2. The number of rotatable bonds is 7. The molecule has 0 radical (unpaired) electrons. The van der Waals surface area contributed by atoms with Crippen molar-refractivity contribution in [2.75, 3.05) is 5.75 Å². The average Bonchev–Trinajstić information content (AvgIpc) is 3.12. The molecule has 0 aliphatic carbocycles. The second-order valence-corrected chi connectivity index (χ2v) is 7.89. The van der Waals surface area contributed by atoms with Crippen molar-refractivity contribution in [3.8, 4) is 0 Å². The molecule has 5 nitrogen and oxygen atoms in total. The minimum absolute atomic E-state index is 0.166. The fraction of sp³-hybridized carbons (Fsp3) is 0.125. The molecule has 0 atom stereocenters. The second kappa shape index (κ2) is 9.41. The minimum Gasteiger partial charge on any atom is -0.314 e. The molecule has 0 bridgehead atoms. The molecule has 1 amide bonds. The van der Waals surface area contributed by atoms with Crippen LogP contribution >= 0.6 is 11.8 Å². The standard InChI is InChI=1S/C24H22N4OS/c1-18-11-13-20(14-12-18)16-28-22-10-6-5-9-21(22)26-24(28)30-17-23(29)27-25-15-19-7-3-2-4-8-19/h2-15H,16-17H2,1H3,(H,27,29). The molecule has 6 heteroatoms. The van der Waals surface area contributed by atoms with Crippen molar-refractivity contribution in [1.82, 2.24) is 15.0 Å². The SMILES string of the molecule is Cc1ccc(Cn2c(SCC(=O)NN=Cc3ccccc3)nc3ccccc32)cc1. The first-order valence-corrected chi connectivity index (χ1v) is 10.7. The fourth-order valence-corrected chi connectivity index (χ4v) is 3.88. The zero-order chi connectivity index (χ0) is 20.8. The van der Waals surface area contributed by atoms with E-state index in [2.05, 4.69) is 52.3 Å². The van der Waals surface area contributed by atoms with Crippen LogP contribution in [0.15, 0.2) is 89.1 Å². The van der Waals surface area contributed by atoms with Crippen molar-refractivity contribution in [1.29, 1.82) is 0 Å². The Hall–Kier alpha value is -3.38. The average molecular weight is 415 g/mol. The van der Waals surface area contributed by atoms with Crippen LogP contribution in [0.3, 0.4) is 0 Å². The summed E-state index contributed by atoms with van der Waals surface area (Å²) >= 11 is 1.42. The molecule has 150 valence electrons. The van der Waals surface area contributed by atoms with Crippen molar-refractivity contribution >= 4 is 34.9 Å². The summed E-state index contributed by atoms with van der Waals surface area (Å²) in [6.45, 7) is 2.79. The second-order valence-electron chi connectivity index (χ2n) is 6.95. The summed E-state index contributed by atoms with van der Waals surface area (Å²) in [5.74, 6) is 0.0738. The largest absolute Gasteiger partial charge is 0.314 e. The lowest BCUT2D eigenvalue weighted by atomic mass is 10.1. The van der Waals surface area contributed by atoms with Crippen LogP contribution < -0.4 is 5.43 Å². The molecule has 1 N–H and O–H groups in total. The monoisotopic (exact) mass is 414 g/mol. The maximum atomic E-state index is 12.2. The number of thioether (sulfide) groups is 1. The zero-order valence-corrected chi connectivity index (χ0v) is 17.5. The number of aromatic nitrogens is 2. The topological polar surface area (TPSA) is 59.3 Å². The third-order valence-corrected chi connectivity index (χ3v) is 5.59. The van der Waals surface area contributed by atoms with Crippen LogP contribution in [0.5, 0.6) is 0 Å². The van der Waals surface area contributed by atoms with Crippen LogP contribution in [-0.2, 0) is 11.3 Å². The van der Waals surface area contributed by atoms with E-state index in [0.29, 0.717) is 6.54 Å². The molecule has 30 heavy (non-hydrogen) atoms. The molecule has 0 spiro atoms. The smallest absolute Gasteiger partial charge is 0.250 e. The third kappa shape index (κ3) is 4.96. The number of aryl methyl sites for hydroxylation is 1. The number of benzene rings is 3. The van der Waals surface area contributed by atoms with Gasteiger partial charge < -0.3 is 4.57 Å². The van der Waals surface area contributed by atoms with Gasteiger partial charge in [0.25, 0.3) is 5.91 Å². The number of fused-ring (bicyclic) bond motifs is 1. The van der Waals surface area contributed by atoms with Gasteiger partial charge in [-0.25, -0.2) is 10.4 Å². The Morgan fingerprint density at radius 1 is 1.03 bits per heavy atom. The van der Waals surface area contributed by atoms with Gasteiger partial charge in [-0.2, -0.15) is 5.10 Å². The number of amides is 1. The van der Waals surface area contributed by atoms with Crippen LogP contribution in [0.1, 0.15) is 16.7 Å². The van der Waals surface area contributed by atoms with Gasteiger partial charge in [-0.3, -0.25) is 4.79 Å². The Morgan fingerprint density at radius 3 is 2.57 bits per heavy atom. The molecule has 1 heterocycles. The number of para-hydroxylation sites is 2. The molecule has 4 rings (SSSR count). The highest BCUT2D eigenvalue weighted by molar-refractivity contribution is 7.99. The summed E-state index contributed by atoms with van der Waals surface area (Å²) in [6.07, 6.45) is 1.63. The molecule has 3 aromatic carbocycles. The van der Waals surface area contributed by atoms with E-state index in [1.165, 1.54) is 22.9 Å². The van der Waals surface area contributed by atoms with Crippen LogP contribution in [0.25, 0.3) is 11.0 Å². The molecule has 0 saturated heterocycles. The number of nitrogens with one attached hydrogen (secondary N) is 1. The van der Waals surface area contributed by atoms with Crippen LogP contribution in [0, 0.1) is 6.92 Å². The number of carbonyl (C=O) groups excluding carboxylic acids is 1. The Bertz CT molecular complexity index is 1170. The van der Waals surface area contributed by atoms with E-state index in [9.17, 15) is 4.79 Å². The van der Waals surface area contributed by atoms with E-state index < -0.39 is 0 Å². The number of carbonyl (C=O) groups is 1. The third-order valence-electron chi connectivity index (χ3n) is 4.62. The molecule has 0 saturated carbocycles. The van der Waals surface area contributed by atoms with E-state index in [1.807, 2.05) is 48.5 Å². The van der Waals surface area contributed by atoms with Crippen molar-refractivity contribution in [3.05, 3.63) is 95.6 Å². The summed E-state index contributed by atoms with van der Waals surface area (Å²) in [5, 5.41) is 4.85. The predicted molar refractivity (Wildman–Crippen MR) is 123 cm³/mol. The molecular formula is C24H22N4OS. The summed E-state index contributed by atoms with van der Waals surface area (Å²) in [7, 11) is 0. The van der Waals surface area contributed by atoms with Crippen molar-refractivity contribution in [2.24, 2.45) is 5.10 Å². The highest BCUT2D eigenvalue weighted by Gasteiger charge is 2.13. The van der Waals surface area contributed by atoms with Gasteiger partial charge in [-0.1, -0.05) is 84.1 Å². The highest BCUT2D eigenvalue weighted by Crippen LogP contribution is 2.25. The first-order chi connectivity index (χ1) is 14.7.